The van der Waals surface area contributed by atoms with E-state index in [1.54, 1.807) is 6.20 Å². The van der Waals surface area contributed by atoms with Gasteiger partial charge in [0.25, 0.3) is 0 Å². The van der Waals surface area contributed by atoms with Gasteiger partial charge in [-0.05, 0) is 62.6 Å². The van der Waals surface area contributed by atoms with E-state index in [1.807, 2.05) is 31.2 Å². The zero-order chi connectivity index (χ0) is 20.4. The minimum absolute atomic E-state index is 0.0228. The summed E-state index contributed by atoms with van der Waals surface area (Å²) in [5.41, 5.74) is 2.66. The molecule has 0 N–H and O–H groups in total. The number of amidine groups is 1. The summed E-state index contributed by atoms with van der Waals surface area (Å²) in [5.74, 6) is 1.68. The van der Waals surface area contributed by atoms with Crippen LogP contribution in [0.3, 0.4) is 0 Å². The van der Waals surface area contributed by atoms with Gasteiger partial charge in [-0.15, -0.1) is 0 Å². The molecular formula is C21H25Cl2N5. The summed E-state index contributed by atoms with van der Waals surface area (Å²) in [6, 6.07) is 7.90. The number of allylic oxidation sites excluding steroid dienone is 1. The maximum absolute atomic E-state index is 6.17. The van der Waals surface area contributed by atoms with Gasteiger partial charge in [-0.3, -0.25) is 9.89 Å². The molecule has 5 nitrogen and oxygen atoms in total. The fraction of sp³-hybridized carbons (Fsp3) is 0.381. The Hall–Kier alpha value is -2.11. The van der Waals surface area contributed by atoms with Crippen molar-refractivity contribution in [1.29, 1.82) is 0 Å². The van der Waals surface area contributed by atoms with E-state index >= 15 is 0 Å². The highest BCUT2D eigenvalue weighted by Gasteiger charge is 2.38. The van der Waals surface area contributed by atoms with Gasteiger partial charge in [0.15, 0.2) is 5.82 Å². The highest BCUT2D eigenvalue weighted by atomic mass is 35.5. The van der Waals surface area contributed by atoms with Gasteiger partial charge in [0.1, 0.15) is 11.5 Å². The topological polar surface area (TPSA) is 44.6 Å². The van der Waals surface area contributed by atoms with Crippen molar-refractivity contribution in [3.63, 3.8) is 0 Å². The Morgan fingerprint density at radius 1 is 1.25 bits per heavy atom. The van der Waals surface area contributed by atoms with E-state index in [2.05, 4.69) is 47.1 Å². The molecule has 0 spiro atoms. The maximum atomic E-state index is 6.17. The number of hydrogen-bond acceptors (Lipinski definition) is 4. The van der Waals surface area contributed by atoms with Gasteiger partial charge >= 0.3 is 0 Å². The van der Waals surface area contributed by atoms with Gasteiger partial charge in [-0.1, -0.05) is 32.0 Å². The molecule has 1 aliphatic rings. The average molecular weight is 418 g/mol. The van der Waals surface area contributed by atoms with Crippen LogP contribution in [0.15, 0.2) is 47.7 Å². The summed E-state index contributed by atoms with van der Waals surface area (Å²) in [6.45, 7) is 12.6. The van der Waals surface area contributed by atoms with E-state index < -0.39 is 0 Å². The molecule has 0 amide bonds. The number of hydrogen-bond donors (Lipinski definition) is 0. The Morgan fingerprint density at radius 3 is 2.50 bits per heavy atom. The lowest BCUT2D eigenvalue weighted by atomic mass is 10.0. The van der Waals surface area contributed by atoms with Crippen LogP contribution in [-0.2, 0) is 0 Å². The Labute approximate surface area is 176 Å². The summed E-state index contributed by atoms with van der Waals surface area (Å²) in [5, 5.41) is 0.892. The molecule has 2 unspecified atom stereocenters. The van der Waals surface area contributed by atoms with Crippen molar-refractivity contribution in [3.8, 4) is 0 Å². The van der Waals surface area contributed by atoms with Gasteiger partial charge in [-0.25, -0.2) is 4.98 Å². The first-order valence-electron chi connectivity index (χ1n) is 9.48. The van der Waals surface area contributed by atoms with Crippen molar-refractivity contribution in [1.82, 2.24) is 9.97 Å². The van der Waals surface area contributed by atoms with E-state index in [-0.39, 0.29) is 17.4 Å². The smallest absolute Gasteiger partial charge is 0.224 e. The van der Waals surface area contributed by atoms with E-state index in [1.165, 1.54) is 0 Å². The van der Waals surface area contributed by atoms with Gasteiger partial charge < -0.3 is 4.90 Å². The molecule has 28 heavy (non-hydrogen) atoms. The standard InChI is InChI=1S/C21H25Cl2N5/c1-6-14(5)25-19-17(7-2)28(16-10-8-15(22)9-11-16)20-18(27(19)13(3)4)12-24-21(23)26-20/h8-12,14,17H,3,6-7H2,1-2,4-5H3. The van der Waals surface area contributed by atoms with E-state index in [0.717, 1.165) is 41.6 Å². The fourth-order valence-electron chi connectivity index (χ4n) is 3.35. The molecule has 1 aromatic heterocycles. The van der Waals surface area contributed by atoms with Crippen LogP contribution < -0.4 is 9.80 Å². The van der Waals surface area contributed by atoms with Crippen molar-refractivity contribution in [2.75, 3.05) is 9.80 Å². The molecule has 1 aliphatic heterocycles. The summed E-state index contributed by atoms with van der Waals surface area (Å²) in [4.78, 5) is 18.1. The number of halogens is 2. The Bertz CT molecular complexity index is 894. The molecule has 0 saturated carbocycles. The monoisotopic (exact) mass is 417 g/mol. The second kappa shape index (κ2) is 8.50. The van der Waals surface area contributed by atoms with Gasteiger partial charge in [0, 0.05) is 22.4 Å². The SMILES string of the molecule is C=C(C)N1C(=NC(C)CC)C(CC)N(c2ccc(Cl)cc2)c2nc(Cl)ncc21. The molecule has 7 heteroatoms. The fourth-order valence-corrected chi connectivity index (χ4v) is 3.60. The Balaban J connectivity index is 2.29. The predicted molar refractivity (Wildman–Crippen MR) is 119 cm³/mol. The summed E-state index contributed by atoms with van der Waals surface area (Å²) in [6.07, 6.45) is 3.53. The number of nitrogens with zero attached hydrogens (tertiary/aromatic N) is 5. The third-order valence-electron chi connectivity index (χ3n) is 4.85. The molecule has 3 rings (SSSR count). The maximum Gasteiger partial charge on any atom is 0.224 e. The Kier molecular flexibility index (Phi) is 6.26. The quantitative estimate of drug-likeness (QED) is 0.539. The largest absolute Gasteiger partial charge is 0.314 e. The molecule has 2 atom stereocenters. The molecule has 1 aromatic carbocycles. The lowest BCUT2D eigenvalue weighted by Crippen LogP contribution is -2.51. The molecule has 0 bridgehead atoms. The van der Waals surface area contributed by atoms with Crippen LogP contribution in [0.25, 0.3) is 0 Å². The third-order valence-corrected chi connectivity index (χ3v) is 5.28. The van der Waals surface area contributed by atoms with E-state index in [9.17, 15) is 0 Å². The number of aliphatic imine (C=N–C) groups is 1. The molecule has 0 fully saturated rings. The minimum atomic E-state index is -0.0228. The summed E-state index contributed by atoms with van der Waals surface area (Å²) in [7, 11) is 0. The normalized spacial score (nSPS) is 18.9. The lowest BCUT2D eigenvalue weighted by Gasteiger charge is -2.44. The van der Waals surface area contributed by atoms with Crippen molar-refractivity contribution in [2.45, 2.75) is 52.6 Å². The van der Waals surface area contributed by atoms with Crippen LogP contribution in [0.1, 0.15) is 40.5 Å². The third kappa shape index (κ3) is 3.87. The van der Waals surface area contributed by atoms with Crippen molar-refractivity contribution in [2.24, 2.45) is 4.99 Å². The van der Waals surface area contributed by atoms with E-state index in [4.69, 9.17) is 28.2 Å². The molecule has 0 radical (unpaired) electrons. The first-order chi connectivity index (χ1) is 13.4. The van der Waals surface area contributed by atoms with Crippen LogP contribution in [0.2, 0.25) is 10.3 Å². The number of rotatable bonds is 5. The second-order valence-electron chi connectivity index (χ2n) is 6.93. The number of anilines is 3. The van der Waals surface area contributed by atoms with Gasteiger partial charge in [0.05, 0.1) is 12.2 Å². The zero-order valence-corrected chi connectivity index (χ0v) is 18.2. The van der Waals surface area contributed by atoms with Crippen molar-refractivity contribution < 1.29 is 0 Å². The molecule has 2 heterocycles. The number of fused-ring (bicyclic) bond motifs is 1. The van der Waals surface area contributed by atoms with Crippen LogP contribution in [0.4, 0.5) is 17.2 Å². The second-order valence-corrected chi connectivity index (χ2v) is 7.71. The highest BCUT2D eigenvalue weighted by Crippen LogP contribution is 2.42. The van der Waals surface area contributed by atoms with Crippen LogP contribution >= 0.6 is 23.2 Å². The van der Waals surface area contributed by atoms with Crippen molar-refractivity contribution >= 4 is 46.2 Å². The molecule has 0 aliphatic carbocycles. The van der Waals surface area contributed by atoms with Crippen LogP contribution in [-0.4, -0.2) is 27.9 Å². The molecule has 2 aromatic rings. The first kappa shape index (κ1) is 20.6. The number of aromatic nitrogens is 2. The first-order valence-corrected chi connectivity index (χ1v) is 10.2. The summed E-state index contributed by atoms with van der Waals surface area (Å²) < 4.78 is 0. The van der Waals surface area contributed by atoms with Gasteiger partial charge in [0.2, 0.25) is 5.28 Å². The van der Waals surface area contributed by atoms with Gasteiger partial charge in [-0.2, -0.15) is 4.98 Å². The van der Waals surface area contributed by atoms with Crippen LogP contribution in [0.5, 0.6) is 0 Å². The molecule has 0 saturated heterocycles. The Morgan fingerprint density at radius 2 is 1.93 bits per heavy atom. The summed E-state index contributed by atoms with van der Waals surface area (Å²) >= 11 is 12.3. The van der Waals surface area contributed by atoms with E-state index in [0.29, 0.717) is 5.02 Å². The number of benzene rings is 1. The predicted octanol–water partition coefficient (Wildman–Crippen LogP) is 6.25. The minimum Gasteiger partial charge on any atom is -0.314 e. The lowest BCUT2D eigenvalue weighted by molar-refractivity contribution is 0.684. The van der Waals surface area contributed by atoms with Crippen molar-refractivity contribution in [3.05, 3.63) is 53.0 Å². The molecular weight excluding hydrogens is 393 g/mol. The highest BCUT2D eigenvalue weighted by molar-refractivity contribution is 6.30. The zero-order valence-electron chi connectivity index (χ0n) is 16.7. The average Bonchev–Trinajstić information content (AvgIpc) is 2.67. The molecule has 148 valence electrons. The van der Waals surface area contributed by atoms with Crippen LogP contribution in [0, 0.1) is 0 Å².